The monoisotopic (exact) mass is 272 g/mol. The summed E-state index contributed by atoms with van der Waals surface area (Å²) in [6.45, 7) is 0.522. The van der Waals surface area contributed by atoms with E-state index in [-0.39, 0.29) is 17.2 Å². The summed E-state index contributed by atoms with van der Waals surface area (Å²) in [4.78, 5) is 14.0. The summed E-state index contributed by atoms with van der Waals surface area (Å²) < 4.78 is 13.0. The molecule has 0 fully saturated rings. The molecule has 1 heterocycles. The van der Waals surface area contributed by atoms with Gasteiger partial charge in [-0.3, -0.25) is 4.79 Å². The van der Waals surface area contributed by atoms with Crippen molar-refractivity contribution >= 4 is 17.3 Å². The van der Waals surface area contributed by atoms with Crippen LogP contribution < -0.4 is 10.6 Å². The molecule has 0 saturated heterocycles. The molecule has 3 N–H and O–H groups in total. The number of nitrogen functional groups attached to an aromatic ring is 1. The maximum absolute atomic E-state index is 13.0. The van der Waals surface area contributed by atoms with Crippen molar-refractivity contribution < 1.29 is 14.3 Å². The number of nitrogens with zero attached hydrogens (tertiary/aromatic N) is 1. The summed E-state index contributed by atoms with van der Waals surface area (Å²) in [5, 5.41) is 9.71. The number of carbonyl (C=O) groups excluding carboxylic acids is 1. The van der Waals surface area contributed by atoms with Gasteiger partial charge in [0.2, 0.25) is 0 Å². The molecule has 2 aromatic rings. The summed E-state index contributed by atoms with van der Waals surface area (Å²) in [7, 11) is 0. The number of hydrogen-bond acceptors (Lipinski definition) is 3. The summed E-state index contributed by atoms with van der Waals surface area (Å²) in [5.41, 5.74) is 8.19. The van der Waals surface area contributed by atoms with Crippen molar-refractivity contribution in [2.75, 3.05) is 17.2 Å². The minimum absolute atomic E-state index is 0.0849. The van der Waals surface area contributed by atoms with E-state index in [0.29, 0.717) is 12.2 Å². The summed E-state index contributed by atoms with van der Waals surface area (Å²) in [6.07, 6.45) is 0.739. The van der Waals surface area contributed by atoms with Gasteiger partial charge in [-0.25, -0.2) is 4.39 Å². The third kappa shape index (κ3) is 1.97. The molecular formula is C15H13FN2O2. The molecule has 5 heteroatoms. The van der Waals surface area contributed by atoms with E-state index in [1.807, 2.05) is 6.07 Å². The Morgan fingerprint density at radius 2 is 2.05 bits per heavy atom. The highest BCUT2D eigenvalue weighted by molar-refractivity contribution is 6.09. The zero-order valence-electron chi connectivity index (χ0n) is 10.6. The number of halogens is 1. The number of rotatable bonds is 1. The Hall–Kier alpha value is -2.56. The van der Waals surface area contributed by atoms with Crippen molar-refractivity contribution in [2.24, 2.45) is 0 Å². The summed E-state index contributed by atoms with van der Waals surface area (Å²) in [6, 6.07) is 8.80. The lowest BCUT2D eigenvalue weighted by atomic mass is 10.1. The van der Waals surface area contributed by atoms with Crippen LogP contribution in [-0.2, 0) is 6.42 Å². The second-order valence-electron chi connectivity index (χ2n) is 4.76. The van der Waals surface area contributed by atoms with Crippen molar-refractivity contribution in [3.8, 4) is 5.75 Å². The Labute approximate surface area is 115 Å². The van der Waals surface area contributed by atoms with Crippen molar-refractivity contribution in [1.82, 2.24) is 0 Å². The second-order valence-corrected chi connectivity index (χ2v) is 4.76. The van der Waals surface area contributed by atoms with E-state index in [1.54, 1.807) is 17.0 Å². The van der Waals surface area contributed by atoms with Gasteiger partial charge in [-0.2, -0.15) is 0 Å². The third-order valence-corrected chi connectivity index (χ3v) is 3.44. The maximum atomic E-state index is 13.0. The molecule has 1 amide bonds. The zero-order chi connectivity index (χ0) is 14.3. The number of anilines is 2. The molecule has 0 spiro atoms. The summed E-state index contributed by atoms with van der Waals surface area (Å²) >= 11 is 0. The first kappa shape index (κ1) is 12.5. The number of benzene rings is 2. The van der Waals surface area contributed by atoms with E-state index in [1.165, 1.54) is 6.07 Å². The van der Waals surface area contributed by atoms with E-state index in [0.717, 1.165) is 29.8 Å². The average molecular weight is 272 g/mol. The van der Waals surface area contributed by atoms with Gasteiger partial charge in [-0.05, 0) is 36.2 Å². The van der Waals surface area contributed by atoms with E-state index in [9.17, 15) is 14.3 Å². The van der Waals surface area contributed by atoms with Crippen molar-refractivity contribution in [3.05, 3.63) is 53.3 Å². The highest BCUT2D eigenvalue weighted by Crippen LogP contribution is 2.32. The van der Waals surface area contributed by atoms with Crippen LogP contribution in [0.2, 0.25) is 0 Å². The second kappa shape index (κ2) is 4.52. The minimum Gasteiger partial charge on any atom is -0.507 e. The lowest BCUT2D eigenvalue weighted by molar-refractivity contribution is 0.0987. The molecule has 0 bridgehead atoms. The van der Waals surface area contributed by atoms with Crippen LogP contribution in [0.15, 0.2) is 36.4 Å². The van der Waals surface area contributed by atoms with Crippen molar-refractivity contribution in [1.29, 1.82) is 0 Å². The highest BCUT2D eigenvalue weighted by Gasteiger charge is 2.27. The molecule has 0 radical (unpaired) electrons. The third-order valence-electron chi connectivity index (χ3n) is 3.44. The van der Waals surface area contributed by atoms with Gasteiger partial charge >= 0.3 is 0 Å². The molecule has 0 aliphatic carbocycles. The Balaban J connectivity index is 1.99. The molecule has 102 valence electrons. The number of phenols is 1. The van der Waals surface area contributed by atoms with Gasteiger partial charge in [0.1, 0.15) is 11.6 Å². The van der Waals surface area contributed by atoms with E-state index in [4.69, 9.17) is 5.73 Å². The molecule has 3 rings (SSSR count). The van der Waals surface area contributed by atoms with Gasteiger partial charge in [-0.1, -0.05) is 6.07 Å². The Morgan fingerprint density at radius 1 is 1.25 bits per heavy atom. The van der Waals surface area contributed by atoms with Crippen LogP contribution in [0.4, 0.5) is 15.8 Å². The first-order valence-corrected chi connectivity index (χ1v) is 6.25. The Bertz CT molecular complexity index is 700. The molecule has 0 aromatic heterocycles. The van der Waals surface area contributed by atoms with Gasteiger partial charge in [0, 0.05) is 24.0 Å². The van der Waals surface area contributed by atoms with Crippen LogP contribution in [0.25, 0.3) is 0 Å². The molecule has 2 aromatic carbocycles. The minimum atomic E-state index is -0.579. The van der Waals surface area contributed by atoms with E-state index < -0.39 is 5.82 Å². The molecule has 0 saturated carbocycles. The average Bonchev–Trinajstić information content (AvgIpc) is 2.81. The van der Waals surface area contributed by atoms with Crippen molar-refractivity contribution in [2.45, 2.75) is 6.42 Å². The number of amides is 1. The molecule has 20 heavy (non-hydrogen) atoms. The van der Waals surface area contributed by atoms with Crippen LogP contribution in [0.5, 0.6) is 5.75 Å². The van der Waals surface area contributed by atoms with E-state index >= 15 is 0 Å². The van der Waals surface area contributed by atoms with Gasteiger partial charge in [0.15, 0.2) is 0 Å². The van der Waals surface area contributed by atoms with Crippen LogP contribution >= 0.6 is 0 Å². The van der Waals surface area contributed by atoms with Gasteiger partial charge in [0.05, 0.1) is 5.56 Å². The predicted molar refractivity (Wildman–Crippen MR) is 74.3 cm³/mol. The topological polar surface area (TPSA) is 66.6 Å². The SMILES string of the molecule is Nc1ccc2c(c1)N(C(=O)c1ccc(F)cc1O)CC2. The van der Waals surface area contributed by atoms with Crippen LogP contribution in [-0.4, -0.2) is 17.6 Å². The largest absolute Gasteiger partial charge is 0.507 e. The molecule has 1 aliphatic rings. The number of nitrogens with two attached hydrogens (primary N) is 1. The standard InChI is InChI=1S/C15H13FN2O2/c16-10-2-4-12(14(19)7-10)15(20)18-6-5-9-1-3-11(17)8-13(9)18/h1-4,7-8,19H,5-6,17H2. The maximum Gasteiger partial charge on any atom is 0.262 e. The number of hydrogen-bond donors (Lipinski definition) is 2. The van der Waals surface area contributed by atoms with Crippen LogP contribution in [0.1, 0.15) is 15.9 Å². The number of aromatic hydroxyl groups is 1. The van der Waals surface area contributed by atoms with Gasteiger partial charge in [-0.15, -0.1) is 0 Å². The van der Waals surface area contributed by atoms with E-state index in [2.05, 4.69) is 0 Å². The zero-order valence-corrected chi connectivity index (χ0v) is 10.6. The number of fused-ring (bicyclic) bond motifs is 1. The normalized spacial score (nSPS) is 13.3. The lowest BCUT2D eigenvalue weighted by Gasteiger charge is -2.18. The molecule has 0 atom stereocenters. The predicted octanol–water partition coefficient (Wildman–Crippen LogP) is 2.32. The Morgan fingerprint density at radius 3 is 2.80 bits per heavy atom. The fraction of sp³-hybridized carbons (Fsp3) is 0.133. The fourth-order valence-electron chi connectivity index (χ4n) is 2.44. The quantitative estimate of drug-likeness (QED) is 0.783. The number of phenolic OH excluding ortho intramolecular Hbond substituents is 1. The molecule has 1 aliphatic heterocycles. The molecular weight excluding hydrogens is 259 g/mol. The smallest absolute Gasteiger partial charge is 0.262 e. The van der Waals surface area contributed by atoms with Crippen molar-refractivity contribution in [3.63, 3.8) is 0 Å². The molecule has 4 nitrogen and oxygen atoms in total. The number of carbonyl (C=O) groups is 1. The lowest BCUT2D eigenvalue weighted by Crippen LogP contribution is -2.29. The molecule has 0 unspecified atom stereocenters. The van der Waals surface area contributed by atoms with Gasteiger partial charge < -0.3 is 15.7 Å². The highest BCUT2D eigenvalue weighted by atomic mass is 19.1. The van der Waals surface area contributed by atoms with Crippen LogP contribution in [0, 0.1) is 5.82 Å². The first-order valence-electron chi connectivity index (χ1n) is 6.25. The Kier molecular flexibility index (Phi) is 2.82. The van der Waals surface area contributed by atoms with Gasteiger partial charge in [0.25, 0.3) is 5.91 Å². The fourth-order valence-corrected chi connectivity index (χ4v) is 2.44. The summed E-state index contributed by atoms with van der Waals surface area (Å²) in [5.74, 6) is -1.29. The first-order chi connectivity index (χ1) is 9.56. The van der Waals surface area contributed by atoms with Crippen LogP contribution in [0.3, 0.4) is 0 Å².